The second-order valence-electron chi connectivity index (χ2n) is 5.09. The number of rotatable bonds is 8. The van der Waals surface area contributed by atoms with Crippen molar-refractivity contribution in [2.45, 2.75) is 25.4 Å². The first-order chi connectivity index (χ1) is 12.1. The average Bonchev–Trinajstić information content (AvgIpc) is 2.92. The number of imidazole rings is 1. The van der Waals surface area contributed by atoms with E-state index in [0.717, 1.165) is 18.3 Å². The predicted octanol–water partition coefficient (Wildman–Crippen LogP) is 3.17. The van der Waals surface area contributed by atoms with Gasteiger partial charge in [0.05, 0.1) is 6.10 Å². The van der Waals surface area contributed by atoms with E-state index in [9.17, 15) is 28.4 Å². The lowest BCUT2D eigenvalue weighted by atomic mass is 10.2. The maximum atomic E-state index is 12.1. The Kier molecular flexibility index (Phi) is 6.27. The van der Waals surface area contributed by atoms with Crippen molar-refractivity contribution in [2.75, 3.05) is 6.61 Å². The summed E-state index contributed by atoms with van der Waals surface area (Å²) in [6.45, 7) is 0.0381. The van der Waals surface area contributed by atoms with E-state index in [2.05, 4.69) is 9.72 Å². The van der Waals surface area contributed by atoms with E-state index in [0.29, 0.717) is 0 Å². The van der Waals surface area contributed by atoms with E-state index in [4.69, 9.17) is 16.3 Å². The summed E-state index contributed by atoms with van der Waals surface area (Å²) in [5.41, 5.74) is 0. The molecule has 1 heterocycles. The van der Waals surface area contributed by atoms with Crippen LogP contribution in [0.15, 0.2) is 30.5 Å². The number of aliphatic hydroxyl groups is 1. The van der Waals surface area contributed by atoms with Gasteiger partial charge in [0, 0.05) is 6.54 Å². The van der Waals surface area contributed by atoms with Gasteiger partial charge in [-0.1, -0.05) is 0 Å². The second-order valence-corrected chi connectivity index (χ2v) is 5.43. The van der Waals surface area contributed by atoms with Crippen LogP contribution in [0, 0.1) is 10.1 Å². The first kappa shape index (κ1) is 19.8. The van der Waals surface area contributed by atoms with Crippen molar-refractivity contribution in [3.63, 3.8) is 0 Å². The molecule has 0 saturated heterocycles. The zero-order valence-electron chi connectivity index (χ0n) is 13.0. The Morgan fingerprint density at radius 2 is 1.92 bits per heavy atom. The number of alkyl halides is 3. The molecule has 0 radical (unpaired) electrons. The number of hydrogen-bond donors (Lipinski definition) is 1. The molecule has 1 N–H and O–H groups in total. The molecular formula is C14H13ClF3N3O5. The Balaban J connectivity index is 1.80. The molecule has 2 rings (SSSR count). The third-order valence-electron chi connectivity index (χ3n) is 3.11. The van der Waals surface area contributed by atoms with Crippen molar-refractivity contribution >= 4 is 17.4 Å². The summed E-state index contributed by atoms with van der Waals surface area (Å²) < 4.78 is 46.5. The molecule has 142 valence electrons. The molecule has 1 aromatic carbocycles. The van der Waals surface area contributed by atoms with Crippen LogP contribution in [0.2, 0.25) is 5.28 Å². The van der Waals surface area contributed by atoms with Gasteiger partial charge in [0.15, 0.2) is 0 Å². The molecule has 26 heavy (non-hydrogen) atoms. The van der Waals surface area contributed by atoms with Crippen molar-refractivity contribution in [2.24, 2.45) is 0 Å². The van der Waals surface area contributed by atoms with Crippen LogP contribution >= 0.6 is 11.6 Å². The molecule has 0 aliphatic rings. The number of hydrogen-bond acceptors (Lipinski definition) is 6. The third kappa shape index (κ3) is 6.08. The van der Waals surface area contributed by atoms with Gasteiger partial charge < -0.3 is 24.7 Å². The van der Waals surface area contributed by atoms with Gasteiger partial charge in [0.25, 0.3) is 0 Å². The quantitative estimate of drug-likeness (QED) is 0.544. The molecule has 1 atom stereocenters. The average molecular weight is 396 g/mol. The van der Waals surface area contributed by atoms with Gasteiger partial charge in [0.2, 0.25) is 0 Å². The number of ether oxygens (including phenoxy) is 2. The highest BCUT2D eigenvalue weighted by atomic mass is 35.5. The highest BCUT2D eigenvalue weighted by Crippen LogP contribution is 2.24. The maximum Gasteiger partial charge on any atom is 0.573 e. The number of benzene rings is 1. The van der Waals surface area contributed by atoms with Crippen LogP contribution in [-0.4, -0.2) is 38.7 Å². The third-order valence-corrected chi connectivity index (χ3v) is 3.41. The second kappa shape index (κ2) is 8.23. The number of nitrogens with zero attached hydrogens (tertiary/aromatic N) is 3. The first-order valence-corrected chi connectivity index (χ1v) is 7.55. The summed E-state index contributed by atoms with van der Waals surface area (Å²) in [6, 6.07) is 4.70. The van der Waals surface area contributed by atoms with E-state index in [1.165, 1.54) is 16.7 Å². The zero-order chi connectivity index (χ0) is 19.3. The SMILES string of the molecule is O=[N+]([O-])c1cn(CCC(O)COc2ccc(OC(F)(F)F)cc2)c(Cl)n1. The van der Waals surface area contributed by atoms with E-state index in [-0.39, 0.29) is 36.4 Å². The summed E-state index contributed by atoms with van der Waals surface area (Å²) in [5, 5.41) is 20.4. The fourth-order valence-corrected chi connectivity index (χ4v) is 2.15. The van der Waals surface area contributed by atoms with Crippen molar-refractivity contribution in [3.05, 3.63) is 45.9 Å². The summed E-state index contributed by atoms with van der Waals surface area (Å²) in [5.74, 6) is -0.543. The van der Waals surface area contributed by atoms with Crippen LogP contribution in [0.1, 0.15) is 6.42 Å². The summed E-state index contributed by atoms with van der Waals surface area (Å²) in [6.07, 6.45) is -4.39. The Morgan fingerprint density at radius 1 is 1.31 bits per heavy atom. The molecule has 0 saturated carbocycles. The Bertz CT molecular complexity index is 751. The molecule has 0 spiro atoms. The smallest absolute Gasteiger partial charge is 0.491 e. The molecule has 8 nitrogen and oxygen atoms in total. The number of aromatic nitrogens is 2. The van der Waals surface area contributed by atoms with Gasteiger partial charge in [-0.15, -0.1) is 13.2 Å². The highest BCUT2D eigenvalue weighted by molar-refractivity contribution is 6.28. The standard InChI is InChI=1S/C14H13ClF3N3O5/c15-13-19-12(21(23)24)7-20(13)6-5-9(22)8-25-10-1-3-11(4-2-10)26-14(16,17)18/h1-4,7,9,22H,5-6,8H2. The van der Waals surface area contributed by atoms with Crippen LogP contribution in [0.4, 0.5) is 19.0 Å². The highest BCUT2D eigenvalue weighted by Gasteiger charge is 2.31. The molecule has 0 bridgehead atoms. The van der Waals surface area contributed by atoms with Gasteiger partial charge in [-0.25, -0.2) is 0 Å². The minimum Gasteiger partial charge on any atom is -0.491 e. The minimum atomic E-state index is -4.78. The molecule has 0 aliphatic carbocycles. The normalized spacial score (nSPS) is 12.7. The van der Waals surface area contributed by atoms with Crippen LogP contribution < -0.4 is 9.47 Å². The number of nitro groups is 1. The van der Waals surface area contributed by atoms with Crippen LogP contribution in [0.5, 0.6) is 11.5 Å². The lowest BCUT2D eigenvalue weighted by molar-refractivity contribution is -0.389. The van der Waals surface area contributed by atoms with Crippen molar-refractivity contribution in [3.8, 4) is 11.5 Å². The van der Waals surface area contributed by atoms with Crippen LogP contribution in [0.25, 0.3) is 0 Å². The van der Waals surface area contributed by atoms with Gasteiger partial charge in [-0.3, -0.25) is 4.57 Å². The van der Waals surface area contributed by atoms with Crippen molar-refractivity contribution in [1.29, 1.82) is 0 Å². The fourth-order valence-electron chi connectivity index (χ4n) is 1.93. The molecule has 0 amide bonds. The molecule has 0 fully saturated rings. The minimum absolute atomic E-state index is 0.0786. The lowest BCUT2D eigenvalue weighted by Crippen LogP contribution is -2.19. The van der Waals surface area contributed by atoms with Crippen molar-refractivity contribution in [1.82, 2.24) is 9.55 Å². The largest absolute Gasteiger partial charge is 0.573 e. The topological polar surface area (TPSA) is 99.7 Å². The number of aliphatic hydroxyl groups excluding tert-OH is 1. The van der Waals surface area contributed by atoms with E-state index < -0.39 is 23.2 Å². The lowest BCUT2D eigenvalue weighted by Gasteiger charge is -2.13. The van der Waals surface area contributed by atoms with Crippen LogP contribution in [0.3, 0.4) is 0 Å². The Morgan fingerprint density at radius 3 is 2.46 bits per heavy atom. The first-order valence-electron chi connectivity index (χ1n) is 7.18. The van der Waals surface area contributed by atoms with Crippen LogP contribution in [-0.2, 0) is 6.54 Å². The molecule has 1 unspecified atom stereocenters. The van der Waals surface area contributed by atoms with E-state index in [1.54, 1.807) is 0 Å². The van der Waals surface area contributed by atoms with Gasteiger partial charge in [-0.2, -0.15) is 0 Å². The Labute approximate surface area is 149 Å². The number of aryl methyl sites for hydroxylation is 1. The van der Waals surface area contributed by atoms with E-state index >= 15 is 0 Å². The maximum absolute atomic E-state index is 12.1. The van der Waals surface area contributed by atoms with E-state index in [1.807, 2.05) is 0 Å². The van der Waals surface area contributed by atoms with Gasteiger partial charge in [-0.05, 0) is 52.2 Å². The molecule has 2 aromatic rings. The predicted molar refractivity (Wildman–Crippen MR) is 83.1 cm³/mol. The summed E-state index contributed by atoms with van der Waals surface area (Å²) in [7, 11) is 0. The molecular weight excluding hydrogens is 383 g/mol. The summed E-state index contributed by atoms with van der Waals surface area (Å²) in [4.78, 5) is 13.4. The van der Waals surface area contributed by atoms with Crippen molar-refractivity contribution < 1.29 is 32.7 Å². The van der Waals surface area contributed by atoms with Gasteiger partial charge in [0.1, 0.15) is 24.3 Å². The summed E-state index contributed by atoms with van der Waals surface area (Å²) >= 11 is 5.75. The molecule has 0 aliphatic heterocycles. The Hall–Kier alpha value is -2.53. The molecule has 1 aromatic heterocycles. The zero-order valence-corrected chi connectivity index (χ0v) is 13.8. The number of halogens is 4. The fraction of sp³-hybridized carbons (Fsp3) is 0.357. The monoisotopic (exact) mass is 395 g/mol. The van der Waals surface area contributed by atoms with Gasteiger partial charge >= 0.3 is 17.5 Å². The molecule has 12 heteroatoms.